The third-order valence-corrected chi connectivity index (χ3v) is 32.8. The number of rotatable bonds is 2. The van der Waals surface area contributed by atoms with Gasteiger partial charge in [0.25, 0.3) is 0 Å². The van der Waals surface area contributed by atoms with E-state index in [0.717, 1.165) is 0 Å². The minimum Gasteiger partial charge on any atom is -0.336 e. The Bertz CT molecular complexity index is 361. The number of hydrogen-bond acceptors (Lipinski definition) is 4. The summed E-state index contributed by atoms with van der Waals surface area (Å²) in [5, 5.41) is 0. The molecule has 0 bridgehead atoms. The van der Waals surface area contributed by atoms with Crippen LogP contribution in [0.15, 0.2) is 0 Å². The van der Waals surface area contributed by atoms with Crippen LogP contribution >= 0.6 is 17.4 Å². The average Bonchev–Trinajstić information content (AvgIpc) is 2.04. The predicted molar refractivity (Wildman–Crippen MR) is 98.1 cm³/mol. The number of nitrogens with zero attached hydrogens (tertiary/aromatic N) is 2. The van der Waals surface area contributed by atoms with Gasteiger partial charge in [0.15, 0.2) is 33.6 Å². The minimum atomic E-state index is -3.26. The van der Waals surface area contributed by atoms with Crippen molar-refractivity contribution in [3.8, 4) is 0 Å². The van der Waals surface area contributed by atoms with Crippen molar-refractivity contribution in [2.45, 2.75) is 52.4 Å². The zero-order valence-electron chi connectivity index (χ0n) is 14.3. The molecule has 132 valence electrons. The summed E-state index contributed by atoms with van der Waals surface area (Å²) in [4.78, 5) is 0. The maximum atomic E-state index is 13.8. The van der Waals surface area contributed by atoms with Crippen LogP contribution in [0, 0.1) is 0 Å². The van der Waals surface area contributed by atoms with E-state index in [1.807, 2.05) is 52.4 Å². The van der Waals surface area contributed by atoms with Gasteiger partial charge in [0.05, 0.1) is 0 Å². The van der Waals surface area contributed by atoms with E-state index in [9.17, 15) is 16.8 Å². The van der Waals surface area contributed by atoms with Gasteiger partial charge in [-0.15, -0.1) is 0 Å². The molecule has 1 fully saturated rings. The molecular formula is C8H26F4N4P2Si4. The summed E-state index contributed by atoms with van der Waals surface area (Å²) < 4.78 is 64.8. The van der Waals surface area contributed by atoms with E-state index in [2.05, 4.69) is 9.30 Å². The van der Waals surface area contributed by atoms with Gasteiger partial charge in [-0.1, -0.05) is 0 Å². The fraction of sp³-hybridized carbons (Fsp3) is 1.00. The fourth-order valence-corrected chi connectivity index (χ4v) is 38.6. The molecule has 0 saturated carbocycles. The molecule has 2 N–H and O–H groups in total. The van der Waals surface area contributed by atoms with Crippen LogP contribution in [0.1, 0.15) is 0 Å². The van der Waals surface area contributed by atoms with Crippen LogP contribution in [0.25, 0.3) is 0 Å². The molecule has 0 unspecified atom stereocenters. The summed E-state index contributed by atoms with van der Waals surface area (Å²) in [5.41, 5.74) is 0. The van der Waals surface area contributed by atoms with Gasteiger partial charge in [-0.3, -0.25) is 0 Å². The Hall–Kier alpha value is 1.29. The predicted octanol–water partition coefficient (Wildman–Crippen LogP) is 4.92. The number of halogens is 4. The molecule has 14 heteroatoms. The first-order chi connectivity index (χ1) is 9.54. The lowest BCUT2D eigenvalue weighted by Gasteiger charge is -2.57. The third-order valence-electron chi connectivity index (χ3n) is 3.64. The molecule has 1 rings (SSSR count). The molecule has 1 aliphatic rings. The SMILES string of the molecule is C[Si]1(C)N[Si](C)(C)N(P(F)F)[Si](C)(C)N[Si](C)(C)N1P(F)F. The second-order valence-corrected chi connectivity index (χ2v) is 27.9. The van der Waals surface area contributed by atoms with Crippen LogP contribution in [0.3, 0.4) is 0 Å². The van der Waals surface area contributed by atoms with Crippen molar-refractivity contribution in [3.63, 3.8) is 0 Å². The molecular weight excluding hydrogens is 402 g/mol. The Balaban J connectivity index is 3.47. The second-order valence-electron chi connectivity index (χ2n) is 7.54. The Morgan fingerprint density at radius 1 is 0.545 bits per heavy atom. The Morgan fingerprint density at radius 3 is 0.864 bits per heavy atom. The summed E-state index contributed by atoms with van der Waals surface area (Å²) in [6.45, 7) is 14.5. The van der Waals surface area contributed by atoms with Gasteiger partial charge in [0, 0.05) is 0 Å². The maximum Gasteiger partial charge on any atom is 0.334 e. The lowest BCUT2D eigenvalue weighted by atomic mass is 11.9. The van der Waals surface area contributed by atoms with Gasteiger partial charge in [-0.05, 0) is 52.4 Å². The smallest absolute Gasteiger partial charge is 0.334 e. The highest BCUT2D eigenvalue weighted by Gasteiger charge is 2.59. The van der Waals surface area contributed by atoms with Crippen molar-refractivity contribution < 1.29 is 16.8 Å². The highest BCUT2D eigenvalue weighted by molar-refractivity contribution is 7.52. The van der Waals surface area contributed by atoms with E-state index in [4.69, 9.17) is 0 Å². The van der Waals surface area contributed by atoms with E-state index in [1.54, 1.807) is 0 Å². The Morgan fingerprint density at radius 2 is 0.727 bits per heavy atom. The molecule has 0 radical (unpaired) electrons. The van der Waals surface area contributed by atoms with Gasteiger partial charge >= 0.3 is 17.4 Å². The lowest BCUT2D eigenvalue weighted by Crippen LogP contribution is -2.86. The summed E-state index contributed by atoms with van der Waals surface area (Å²) in [7, 11) is -17.3. The monoisotopic (exact) mass is 428 g/mol. The Labute approximate surface area is 137 Å². The molecule has 1 saturated heterocycles. The fourth-order valence-electron chi connectivity index (χ4n) is 3.86. The van der Waals surface area contributed by atoms with Crippen LogP contribution in [-0.2, 0) is 0 Å². The van der Waals surface area contributed by atoms with E-state index in [0.29, 0.717) is 0 Å². The van der Waals surface area contributed by atoms with Crippen molar-refractivity contribution in [2.75, 3.05) is 0 Å². The van der Waals surface area contributed by atoms with Gasteiger partial charge in [-0.25, -0.2) is 8.00 Å². The van der Waals surface area contributed by atoms with Crippen molar-refractivity contribution in [2.24, 2.45) is 0 Å². The summed E-state index contributed by atoms with van der Waals surface area (Å²) >= 11 is 0. The Kier molecular flexibility index (Phi) is 6.34. The molecule has 1 heterocycles. The average molecular weight is 429 g/mol. The van der Waals surface area contributed by atoms with Gasteiger partial charge in [0.1, 0.15) is 0 Å². The normalized spacial score (nSPS) is 28.6. The molecule has 0 aromatic heterocycles. The molecule has 0 spiro atoms. The van der Waals surface area contributed by atoms with Crippen LogP contribution in [-0.4, -0.2) is 41.6 Å². The summed E-state index contributed by atoms with van der Waals surface area (Å²) in [6, 6.07) is 0. The van der Waals surface area contributed by atoms with Gasteiger partial charge in [-0.2, -0.15) is 16.8 Å². The van der Waals surface area contributed by atoms with Crippen LogP contribution in [0.5, 0.6) is 0 Å². The van der Waals surface area contributed by atoms with E-state index >= 15 is 0 Å². The summed E-state index contributed by atoms with van der Waals surface area (Å²) in [5.74, 6) is 0. The van der Waals surface area contributed by atoms with Crippen molar-refractivity contribution in [3.05, 3.63) is 0 Å². The molecule has 22 heavy (non-hydrogen) atoms. The molecule has 0 atom stereocenters. The third kappa shape index (κ3) is 4.27. The van der Waals surface area contributed by atoms with E-state index in [-0.39, 0.29) is 0 Å². The van der Waals surface area contributed by atoms with Crippen molar-refractivity contribution in [1.29, 1.82) is 0 Å². The zero-order valence-corrected chi connectivity index (χ0v) is 20.1. The highest BCUT2D eigenvalue weighted by atomic mass is 31.2. The van der Waals surface area contributed by atoms with Gasteiger partial charge < -0.3 is 9.30 Å². The minimum absolute atomic E-state index is 1.38. The lowest BCUT2D eigenvalue weighted by molar-refractivity contribution is 0.644. The second kappa shape index (κ2) is 6.54. The summed E-state index contributed by atoms with van der Waals surface area (Å²) in [6.07, 6.45) is 0. The molecule has 4 nitrogen and oxygen atoms in total. The molecule has 0 aromatic carbocycles. The largest absolute Gasteiger partial charge is 0.336 e. The van der Waals surface area contributed by atoms with Crippen molar-refractivity contribution in [1.82, 2.24) is 17.3 Å². The number of hydrogen-bond donors (Lipinski definition) is 2. The zero-order chi connectivity index (χ0) is 17.7. The molecule has 0 aliphatic carbocycles. The quantitative estimate of drug-likeness (QED) is 0.371. The van der Waals surface area contributed by atoms with E-state index in [1.165, 1.54) is 8.00 Å². The van der Waals surface area contributed by atoms with Gasteiger partial charge in [0.2, 0.25) is 0 Å². The van der Waals surface area contributed by atoms with E-state index < -0.39 is 51.0 Å². The highest BCUT2D eigenvalue weighted by Crippen LogP contribution is 2.53. The van der Waals surface area contributed by atoms with Crippen molar-refractivity contribution >= 4 is 51.0 Å². The first kappa shape index (κ1) is 21.3. The molecule has 0 aromatic rings. The molecule has 0 amide bonds. The standard InChI is InChI=1S/C8H26F4N4P2Si4/c1-19(2)13-20(3,4)16(18(11)12)22(7,8)14-21(5,6)15(19)17(9)10/h13-14H,1-8H3. The maximum absolute atomic E-state index is 13.8. The number of nitrogens with one attached hydrogen (secondary N) is 2. The first-order valence-corrected chi connectivity index (χ1v) is 20.9. The van der Waals surface area contributed by atoms with Crippen LogP contribution in [0.4, 0.5) is 16.8 Å². The topological polar surface area (TPSA) is 30.5 Å². The molecule has 1 aliphatic heterocycles. The van der Waals surface area contributed by atoms with Crippen LogP contribution < -0.4 is 9.30 Å². The first-order valence-electron chi connectivity index (χ1n) is 6.97. The van der Waals surface area contributed by atoms with Crippen LogP contribution in [0.2, 0.25) is 52.4 Å².